The highest BCUT2D eigenvalue weighted by Gasteiger charge is 2.19. The first-order chi connectivity index (χ1) is 9.59. The van der Waals surface area contributed by atoms with Crippen LogP contribution in [0.4, 0.5) is 5.69 Å². The second kappa shape index (κ2) is 5.88. The highest BCUT2D eigenvalue weighted by molar-refractivity contribution is 9.11. The number of anilines is 1. The highest BCUT2D eigenvalue weighted by atomic mass is 79.9. The summed E-state index contributed by atoms with van der Waals surface area (Å²) in [6, 6.07) is 6.91. The molecule has 0 saturated carbocycles. The van der Waals surface area contributed by atoms with Crippen molar-refractivity contribution >= 4 is 64.4 Å². The fourth-order valence-electron chi connectivity index (χ4n) is 1.45. The third kappa shape index (κ3) is 3.98. The van der Waals surface area contributed by atoms with Crippen LogP contribution >= 0.6 is 38.9 Å². The van der Waals surface area contributed by atoms with E-state index in [1.807, 2.05) is 0 Å². The number of sulfone groups is 1. The Morgan fingerprint density at radius 2 is 1.86 bits per heavy atom. The molecule has 2 rings (SSSR count). The van der Waals surface area contributed by atoms with E-state index in [1.54, 1.807) is 0 Å². The van der Waals surface area contributed by atoms with Crippen LogP contribution in [0.2, 0.25) is 5.02 Å². The molecule has 1 N–H and O–H groups in total. The van der Waals surface area contributed by atoms with Crippen LogP contribution in [0, 0.1) is 0 Å². The van der Waals surface area contributed by atoms with E-state index in [-0.39, 0.29) is 14.8 Å². The van der Waals surface area contributed by atoms with Crippen LogP contribution in [0.1, 0.15) is 0 Å². The molecule has 0 aliphatic rings. The smallest absolute Gasteiger partial charge is 0.271 e. The van der Waals surface area contributed by atoms with Crippen molar-refractivity contribution in [2.24, 2.45) is 0 Å². The lowest BCUT2D eigenvalue weighted by Gasteiger charge is -2.07. The standard InChI is InChI=1S/C11H9BrClNO4S3/c1-20(15,16)8-4-2-3-7(5-8)14-21(17,18)10-6-9(13)11(12)19-10/h2-6,14H,1H3. The molecule has 10 heteroatoms. The van der Waals surface area contributed by atoms with Crippen LogP contribution in [0.15, 0.2) is 43.2 Å². The summed E-state index contributed by atoms with van der Waals surface area (Å²) in [5.41, 5.74) is 0.165. The molecule has 0 atom stereocenters. The van der Waals surface area contributed by atoms with Crippen molar-refractivity contribution in [2.45, 2.75) is 9.10 Å². The van der Waals surface area contributed by atoms with Gasteiger partial charge in [0.05, 0.1) is 19.4 Å². The molecule has 0 fully saturated rings. The predicted molar refractivity (Wildman–Crippen MR) is 87.4 cm³/mol. The number of hydrogen-bond acceptors (Lipinski definition) is 5. The number of hydrogen-bond donors (Lipinski definition) is 1. The maximum Gasteiger partial charge on any atom is 0.271 e. The van der Waals surface area contributed by atoms with E-state index in [9.17, 15) is 16.8 Å². The van der Waals surface area contributed by atoms with Gasteiger partial charge in [-0.3, -0.25) is 4.72 Å². The van der Waals surface area contributed by atoms with Crippen molar-refractivity contribution < 1.29 is 16.8 Å². The SMILES string of the molecule is CS(=O)(=O)c1cccc(NS(=O)(=O)c2cc(Cl)c(Br)s2)c1. The molecule has 1 aromatic carbocycles. The average molecular weight is 431 g/mol. The summed E-state index contributed by atoms with van der Waals surface area (Å²) >= 11 is 9.93. The first kappa shape index (κ1) is 16.8. The second-order valence-corrected chi connectivity index (χ2v) is 10.8. The molecule has 2 aromatic rings. The van der Waals surface area contributed by atoms with Crippen LogP contribution in [0.25, 0.3) is 0 Å². The molecule has 0 spiro atoms. The van der Waals surface area contributed by atoms with Gasteiger partial charge >= 0.3 is 0 Å². The number of sulfonamides is 1. The van der Waals surface area contributed by atoms with Crippen LogP contribution in [-0.4, -0.2) is 23.1 Å². The molecule has 0 radical (unpaired) electrons. The van der Waals surface area contributed by atoms with Gasteiger partial charge in [0, 0.05) is 6.26 Å². The number of benzene rings is 1. The van der Waals surface area contributed by atoms with Gasteiger partial charge in [-0.15, -0.1) is 11.3 Å². The van der Waals surface area contributed by atoms with E-state index in [2.05, 4.69) is 20.7 Å². The molecule has 0 amide bonds. The Kier molecular flexibility index (Phi) is 4.69. The fraction of sp³-hybridized carbons (Fsp3) is 0.0909. The summed E-state index contributed by atoms with van der Waals surface area (Å²) in [5.74, 6) is 0. The van der Waals surface area contributed by atoms with Crippen molar-refractivity contribution in [1.82, 2.24) is 0 Å². The third-order valence-corrected chi connectivity index (χ3v) is 7.84. The lowest BCUT2D eigenvalue weighted by Crippen LogP contribution is -2.11. The zero-order chi connectivity index (χ0) is 15.8. The van der Waals surface area contributed by atoms with Crippen LogP contribution in [0.5, 0.6) is 0 Å². The summed E-state index contributed by atoms with van der Waals surface area (Å²) in [6.07, 6.45) is 1.05. The van der Waals surface area contributed by atoms with E-state index in [0.29, 0.717) is 8.81 Å². The van der Waals surface area contributed by atoms with Gasteiger partial charge in [0.15, 0.2) is 9.84 Å². The minimum atomic E-state index is -3.82. The minimum Gasteiger partial charge on any atom is -0.279 e. The number of nitrogens with one attached hydrogen (secondary N) is 1. The van der Waals surface area contributed by atoms with Crippen molar-refractivity contribution in [2.75, 3.05) is 11.0 Å². The summed E-state index contributed by atoms with van der Waals surface area (Å²) in [7, 11) is -7.23. The molecular weight excluding hydrogens is 422 g/mol. The van der Waals surface area contributed by atoms with Gasteiger partial charge in [-0.05, 0) is 40.2 Å². The Labute approximate surface area is 140 Å². The summed E-state index contributed by atoms with van der Waals surface area (Å²) in [5, 5.41) is 0.297. The Morgan fingerprint density at radius 3 is 2.38 bits per heavy atom. The van der Waals surface area contributed by atoms with Crippen molar-refractivity contribution in [3.8, 4) is 0 Å². The van der Waals surface area contributed by atoms with E-state index in [4.69, 9.17) is 11.6 Å². The Hall–Kier alpha value is -0.610. The minimum absolute atomic E-state index is 0.0316. The first-order valence-corrected chi connectivity index (χ1v) is 10.7. The normalized spacial score (nSPS) is 12.3. The van der Waals surface area contributed by atoms with Crippen LogP contribution < -0.4 is 4.72 Å². The third-order valence-electron chi connectivity index (χ3n) is 2.40. The molecule has 1 aromatic heterocycles. The first-order valence-electron chi connectivity index (χ1n) is 5.37. The van der Waals surface area contributed by atoms with E-state index in [0.717, 1.165) is 17.6 Å². The number of rotatable bonds is 4. The lowest BCUT2D eigenvalue weighted by atomic mass is 10.3. The van der Waals surface area contributed by atoms with Gasteiger partial charge in [-0.25, -0.2) is 16.8 Å². The average Bonchev–Trinajstić information content (AvgIpc) is 2.69. The highest BCUT2D eigenvalue weighted by Crippen LogP contribution is 2.35. The molecule has 0 bridgehead atoms. The van der Waals surface area contributed by atoms with Gasteiger partial charge in [0.25, 0.3) is 10.0 Å². The topological polar surface area (TPSA) is 80.3 Å². The molecule has 0 aliphatic carbocycles. The zero-order valence-corrected chi connectivity index (χ0v) is 15.3. The maximum absolute atomic E-state index is 12.2. The van der Waals surface area contributed by atoms with E-state index >= 15 is 0 Å². The van der Waals surface area contributed by atoms with Gasteiger partial charge < -0.3 is 0 Å². The molecule has 114 valence electrons. The largest absolute Gasteiger partial charge is 0.279 e. The van der Waals surface area contributed by atoms with Crippen molar-refractivity contribution in [1.29, 1.82) is 0 Å². The van der Waals surface area contributed by atoms with Crippen molar-refractivity contribution in [3.63, 3.8) is 0 Å². The molecule has 0 unspecified atom stereocenters. The predicted octanol–water partition coefficient (Wildman–Crippen LogP) is 3.37. The monoisotopic (exact) mass is 429 g/mol. The molecule has 0 aliphatic heterocycles. The summed E-state index contributed by atoms with van der Waals surface area (Å²) < 4.78 is 50.2. The molecule has 5 nitrogen and oxygen atoms in total. The molecule has 0 saturated heterocycles. The Balaban J connectivity index is 2.37. The van der Waals surface area contributed by atoms with Crippen LogP contribution in [0.3, 0.4) is 0 Å². The van der Waals surface area contributed by atoms with Gasteiger partial charge in [-0.1, -0.05) is 17.7 Å². The van der Waals surface area contributed by atoms with Gasteiger partial charge in [-0.2, -0.15) is 0 Å². The number of halogens is 2. The summed E-state index contributed by atoms with van der Waals surface area (Å²) in [4.78, 5) is 0.0353. The van der Waals surface area contributed by atoms with E-state index < -0.39 is 19.9 Å². The zero-order valence-electron chi connectivity index (χ0n) is 10.5. The maximum atomic E-state index is 12.2. The number of thiophene rings is 1. The second-order valence-electron chi connectivity index (χ2n) is 4.09. The molecule has 1 heterocycles. The molecular formula is C11H9BrClNO4S3. The quantitative estimate of drug-likeness (QED) is 0.806. The Morgan fingerprint density at radius 1 is 1.19 bits per heavy atom. The van der Waals surface area contributed by atoms with Crippen LogP contribution in [-0.2, 0) is 19.9 Å². The van der Waals surface area contributed by atoms with E-state index in [1.165, 1.54) is 30.3 Å². The molecule has 21 heavy (non-hydrogen) atoms. The van der Waals surface area contributed by atoms with Gasteiger partial charge in [0.1, 0.15) is 4.21 Å². The fourth-order valence-corrected chi connectivity index (χ4v) is 5.57. The lowest BCUT2D eigenvalue weighted by molar-refractivity contribution is 0.600. The Bertz CT molecular complexity index is 870. The summed E-state index contributed by atoms with van der Waals surface area (Å²) in [6.45, 7) is 0. The van der Waals surface area contributed by atoms with Gasteiger partial charge in [0.2, 0.25) is 0 Å². The van der Waals surface area contributed by atoms with Crippen molar-refractivity contribution in [3.05, 3.63) is 39.1 Å².